The summed E-state index contributed by atoms with van der Waals surface area (Å²) in [6, 6.07) is 7.87. The third-order valence-electron chi connectivity index (χ3n) is 2.61. The van der Waals surface area contributed by atoms with E-state index in [1.54, 1.807) is 7.11 Å². The van der Waals surface area contributed by atoms with Gasteiger partial charge < -0.3 is 19.7 Å². The van der Waals surface area contributed by atoms with Gasteiger partial charge in [0.25, 0.3) is 0 Å². The Hall–Kier alpha value is -1.59. The number of benzene rings is 1. The SMILES string of the molecule is COCCN(CCO)c1nc2ccccc2[nH]1. The van der Waals surface area contributed by atoms with E-state index < -0.39 is 0 Å². The highest BCUT2D eigenvalue weighted by Gasteiger charge is 2.10. The third kappa shape index (κ3) is 2.75. The number of rotatable bonds is 6. The number of aromatic nitrogens is 2. The fraction of sp³-hybridized carbons (Fsp3) is 0.417. The first-order valence-corrected chi connectivity index (χ1v) is 5.64. The number of fused-ring (bicyclic) bond motifs is 1. The molecule has 2 aromatic rings. The summed E-state index contributed by atoms with van der Waals surface area (Å²) in [6.07, 6.45) is 0. The summed E-state index contributed by atoms with van der Waals surface area (Å²) in [6.45, 7) is 1.96. The molecule has 0 saturated carbocycles. The van der Waals surface area contributed by atoms with Gasteiger partial charge in [0.15, 0.2) is 0 Å². The molecule has 0 aliphatic rings. The lowest BCUT2D eigenvalue weighted by molar-refractivity contribution is 0.202. The predicted octanol–water partition coefficient (Wildman–Crippen LogP) is 1.01. The molecule has 0 saturated heterocycles. The lowest BCUT2D eigenvalue weighted by Crippen LogP contribution is -2.31. The molecule has 1 heterocycles. The van der Waals surface area contributed by atoms with Crippen LogP contribution in [0.3, 0.4) is 0 Å². The zero-order valence-electron chi connectivity index (χ0n) is 9.89. The minimum absolute atomic E-state index is 0.0980. The van der Waals surface area contributed by atoms with E-state index in [0.717, 1.165) is 17.0 Å². The van der Waals surface area contributed by atoms with Crippen molar-refractivity contribution in [3.8, 4) is 0 Å². The lowest BCUT2D eigenvalue weighted by Gasteiger charge is -2.19. The summed E-state index contributed by atoms with van der Waals surface area (Å²) in [5.41, 5.74) is 1.94. The number of nitrogens with zero attached hydrogens (tertiary/aromatic N) is 2. The Bertz CT molecular complexity index is 436. The number of H-pyrrole nitrogens is 1. The molecule has 1 aromatic carbocycles. The maximum Gasteiger partial charge on any atom is 0.203 e. The van der Waals surface area contributed by atoms with Gasteiger partial charge in [-0.25, -0.2) is 4.98 Å². The zero-order valence-corrected chi connectivity index (χ0v) is 9.89. The van der Waals surface area contributed by atoms with Crippen LogP contribution in [0, 0.1) is 0 Å². The quantitative estimate of drug-likeness (QED) is 0.784. The molecule has 0 spiro atoms. The fourth-order valence-corrected chi connectivity index (χ4v) is 1.73. The van der Waals surface area contributed by atoms with Gasteiger partial charge in [0.1, 0.15) is 0 Å². The van der Waals surface area contributed by atoms with Gasteiger partial charge in [-0.15, -0.1) is 0 Å². The fourth-order valence-electron chi connectivity index (χ4n) is 1.73. The molecule has 0 fully saturated rings. The monoisotopic (exact) mass is 235 g/mol. The van der Waals surface area contributed by atoms with Crippen molar-refractivity contribution in [3.05, 3.63) is 24.3 Å². The largest absolute Gasteiger partial charge is 0.395 e. The maximum atomic E-state index is 9.05. The average molecular weight is 235 g/mol. The van der Waals surface area contributed by atoms with Crippen LogP contribution in [0.4, 0.5) is 5.95 Å². The van der Waals surface area contributed by atoms with E-state index in [9.17, 15) is 0 Å². The summed E-state index contributed by atoms with van der Waals surface area (Å²) < 4.78 is 5.05. The minimum atomic E-state index is 0.0980. The number of nitrogens with one attached hydrogen (secondary N) is 1. The zero-order chi connectivity index (χ0) is 12.1. The van der Waals surface area contributed by atoms with Gasteiger partial charge in [0.05, 0.1) is 24.2 Å². The Kier molecular flexibility index (Phi) is 3.95. The van der Waals surface area contributed by atoms with Gasteiger partial charge in [-0.1, -0.05) is 12.1 Å². The number of hydrogen-bond acceptors (Lipinski definition) is 4. The van der Waals surface area contributed by atoms with Crippen LogP contribution in [0.25, 0.3) is 11.0 Å². The number of aliphatic hydroxyl groups is 1. The topological polar surface area (TPSA) is 61.4 Å². The molecule has 0 radical (unpaired) electrons. The van der Waals surface area contributed by atoms with Crippen LogP contribution < -0.4 is 4.90 Å². The molecular weight excluding hydrogens is 218 g/mol. The van der Waals surface area contributed by atoms with Crippen molar-refractivity contribution in [1.82, 2.24) is 9.97 Å². The molecule has 0 aliphatic heterocycles. The molecular formula is C12H17N3O2. The van der Waals surface area contributed by atoms with E-state index in [2.05, 4.69) is 9.97 Å². The van der Waals surface area contributed by atoms with Crippen molar-refractivity contribution in [2.24, 2.45) is 0 Å². The molecule has 0 bridgehead atoms. The Labute approximate surface area is 100 Å². The number of para-hydroxylation sites is 2. The maximum absolute atomic E-state index is 9.05. The number of anilines is 1. The van der Waals surface area contributed by atoms with Gasteiger partial charge >= 0.3 is 0 Å². The number of hydrogen-bond donors (Lipinski definition) is 2. The summed E-state index contributed by atoms with van der Waals surface area (Å²) in [7, 11) is 1.66. The van der Waals surface area contributed by atoms with Gasteiger partial charge in [-0.3, -0.25) is 0 Å². The molecule has 17 heavy (non-hydrogen) atoms. The second kappa shape index (κ2) is 5.65. The highest BCUT2D eigenvalue weighted by Crippen LogP contribution is 2.16. The van der Waals surface area contributed by atoms with Gasteiger partial charge in [-0.2, -0.15) is 0 Å². The van der Waals surface area contributed by atoms with E-state index >= 15 is 0 Å². The first-order valence-electron chi connectivity index (χ1n) is 5.64. The molecule has 0 amide bonds. The highest BCUT2D eigenvalue weighted by atomic mass is 16.5. The van der Waals surface area contributed by atoms with Gasteiger partial charge in [0.2, 0.25) is 5.95 Å². The summed E-state index contributed by atoms with van der Waals surface area (Å²) in [5.74, 6) is 0.775. The van der Waals surface area contributed by atoms with Crippen LogP contribution in [0.2, 0.25) is 0 Å². The standard InChI is InChI=1S/C12H17N3O2/c1-17-9-7-15(6-8-16)12-13-10-4-2-3-5-11(10)14-12/h2-5,16H,6-9H2,1H3,(H,13,14). The Balaban J connectivity index is 2.21. The van der Waals surface area contributed by atoms with Crippen LogP contribution in [-0.2, 0) is 4.74 Å². The molecule has 0 unspecified atom stereocenters. The van der Waals surface area contributed by atoms with Crippen molar-refractivity contribution in [2.75, 3.05) is 38.3 Å². The van der Waals surface area contributed by atoms with Crippen molar-refractivity contribution >= 4 is 17.0 Å². The first kappa shape index (κ1) is 11.9. The van der Waals surface area contributed by atoms with Crippen molar-refractivity contribution in [1.29, 1.82) is 0 Å². The van der Waals surface area contributed by atoms with Crippen LogP contribution in [0.5, 0.6) is 0 Å². The van der Waals surface area contributed by atoms with Crippen LogP contribution in [0.15, 0.2) is 24.3 Å². The van der Waals surface area contributed by atoms with Crippen LogP contribution in [-0.4, -0.2) is 48.5 Å². The van der Waals surface area contributed by atoms with E-state index in [1.807, 2.05) is 29.2 Å². The smallest absolute Gasteiger partial charge is 0.203 e. The molecule has 92 valence electrons. The average Bonchev–Trinajstić information content (AvgIpc) is 2.78. The third-order valence-corrected chi connectivity index (χ3v) is 2.61. The normalized spacial score (nSPS) is 10.9. The molecule has 0 atom stereocenters. The minimum Gasteiger partial charge on any atom is -0.395 e. The lowest BCUT2D eigenvalue weighted by atomic mass is 10.3. The second-order valence-electron chi connectivity index (χ2n) is 3.78. The summed E-state index contributed by atoms with van der Waals surface area (Å²) in [4.78, 5) is 9.70. The highest BCUT2D eigenvalue weighted by molar-refractivity contribution is 5.77. The number of aromatic amines is 1. The summed E-state index contributed by atoms with van der Waals surface area (Å²) >= 11 is 0. The van der Waals surface area contributed by atoms with Crippen molar-refractivity contribution in [3.63, 3.8) is 0 Å². The molecule has 5 nitrogen and oxygen atoms in total. The van der Waals surface area contributed by atoms with Gasteiger partial charge in [0, 0.05) is 20.2 Å². The Morgan fingerprint density at radius 1 is 1.35 bits per heavy atom. The summed E-state index contributed by atoms with van der Waals surface area (Å²) in [5, 5.41) is 9.05. The van der Waals surface area contributed by atoms with E-state index in [4.69, 9.17) is 9.84 Å². The molecule has 2 rings (SSSR count). The van der Waals surface area contributed by atoms with Crippen LogP contribution >= 0.6 is 0 Å². The van der Waals surface area contributed by atoms with Crippen LogP contribution in [0.1, 0.15) is 0 Å². The van der Waals surface area contributed by atoms with E-state index in [0.29, 0.717) is 19.7 Å². The Morgan fingerprint density at radius 3 is 2.88 bits per heavy atom. The predicted molar refractivity (Wildman–Crippen MR) is 67.3 cm³/mol. The number of aliphatic hydroxyl groups excluding tert-OH is 1. The second-order valence-corrected chi connectivity index (χ2v) is 3.78. The first-order chi connectivity index (χ1) is 8.35. The number of imidazole rings is 1. The van der Waals surface area contributed by atoms with E-state index in [1.165, 1.54) is 0 Å². The molecule has 2 N–H and O–H groups in total. The van der Waals surface area contributed by atoms with E-state index in [-0.39, 0.29) is 6.61 Å². The van der Waals surface area contributed by atoms with Gasteiger partial charge in [-0.05, 0) is 12.1 Å². The Morgan fingerprint density at radius 2 is 2.18 bits per heavy atom. The molecule has 5 heteroatoms. The molecule has 0 aliphatic carbocycles. The van der Waals surface area contributed by atoms with Crippen molar-refractivity contribution < 1.29 is 9.84 Å². The number of methoxy groups -OCH3 is 1. The van der Waals surface area contributed by atoms with Crippen molar-refractivity contribution in [2.45, 2.75) is 0 Å². The number of ether oxygens (including phenoxy) is 1. The molecule has 1 aromatic heterocycles.